The Labute approximate surface area is 122 Å². The number of nitrogens with zero attached hydrogens (tertiary/aromatic N) is 2. The Bertz CT molecular complexity index is 507. The van der Waals surface area contributed by atoms with E-state index in [1.54, 1.807) is 30.2 Å². The molecule has 2 rings (SSSR count). The van der Waals surface area contributed by atoms with Crippen LogP contribution in [0.5, 0.6) is 0 Å². The first-order chi connectivity index (χ1) is 8.78. The van der Waals surface area contributed by atoms with Crippen molar-refractivity contribution in [3.8, 4) is 0 Å². The molecular weight excluding hydrogens is 334 g/mol. The second-order valence-corrected chi connectivity index (χ2v) is 6.58. The highest BCUT2D eigenvalue weighted by Crippen LogP contribution is 2.28. The minimum Gasteiger partial charge on any atom is -0.384 e. The second-order valence-electron chi connectivity index (χ2n) is 3.35. The molecule has 0 fully saturated rings. The number of methoxy groups -OCH3 is 1. The van der Waals surface area contributed by atoms with Gasteiger partial charge in [-0.15, -0.1) is 10.2 Å². The molecule has 0 saturated carbocycles. The van der Waals surface area contributed by atoms with Gasteiger partial charge in [-0.05, 0) is 18.2 Å². The van der Waals surface area contributed by atoms with Crippen LogP contribution in [-0.2, 0) is 4.74 Å². The van der Waals surface area contributed by atoms with Gasteiger partial charge < -0.3 is 10.1 Å². The average Bonchev–Trinajstić information content (AvgIpc) is 2.77. The lowest BCUT2D eigenvalue weighted by Crippen LogP contribution is -1.90. The zero-order valence-electron chi connectivity index (χ0n) is 9.72. The maximum absolute atomic E-state index is 4.99. The van der Waals surface area contributed by atoms with Gasteiger partial charge in [-0.2, -0.15) is 0 Å². The molecule has 0 aliphatic heterocycles. The van der Waals surface area contributed by atoms with Crippen molar-refractivity contribution in [1.29, 1.82) is 0 Å². The SMILES string of the molecule is COCCSc1nnc(Nc2cccc(Br)c2)s1. The lowest BCUT2D eigenvalue weighted by atomic mass is 10.3. The molecule has 0 bridgehead atoms. The lowest BCUT2D eigenvalue weighted by molar-refractivity contribution is 0.218. The zero-order valence-corrected chi connectivity index (χ0v) is 12.9. The Hall–Kier alpha value is -0.630. The van der Waals surface area contributed by atoms with E-state index in [1.165, 1.54) is 0 Å². The fourth-order valence-electron chi connectivity index (χ4n) is 1.22. The minimum absolute atomic E-state index is 0.721. The van der Waals surface area contributed by atoms with Crippen molar-refractivity contribution in [2.45, 2.75) is 4.34 Å². The van der Waals surface area contributed by atoms with E-state index in [0.29, 0.717) is 0 Å². The smallest absolute Gasteiger partial charge is 0.210 e. The molecule has 0 radical (unpaired) electrons. The number of halogens is 1. The van der Waals surface area contributed by atoms with Gasteiger partial charge in [-0.1, -0.05) is 45.1 Å². The largest absolute Gasteiger partial charge is 0.384 e. The molecule has 1 N–H and O–H groups in total. The van der Waals surface area contributed by atoms with Gasteiger partial charge in [0, 0.05) is 23.0 Å². The van der Waals surface area contributed by atoms with Gasteiger partial charge in [0.05, 0.1) is 6.61 Å². The molecule has 0 aliphatic rings. The summed E-state index contributed by atoms with van der Waals surface area (Å²) in [6, 6.07) is 7.95. The third kappa shape index (κ3) is 4.24. The molecule has 4 nitrogen and oxygen atoms in total. The first-order valence-corrected chi connectivity index (χ1v) is 7.85. The molecule has 0 amide bonds. The molecule has 7 heteroatoms. The summed E-state index contributed by atoms with van der Waals surface area (Å²) in [5.74, 6) is 0.891. The monoisotopic (exact) mass is 345 g/mol. The van der Waals surface area contributed by atoms with Gasteiger partial charge in [-0.3, -0.25) is 0 Å². The maximum atomic E-state index is 4.99. The van der Waals surface area contributed by atoms with Gasteiger partial charge in [0.15, 0.2) is 4.34 Å². The van der Waals surface area contributed by atoms with Crippen molar-refractivity contribution in [3.05, 3.63) is 28.7 Å². The van der Waals surface area contributed by atoms with E-state index >= 15 is 0 Å². The Balaban J connectivity index is 1.94. The molecule has 1 heterocycles. The number of hydrogen-bond acceptors (Lipinski definition) is 6. The normalized spacial score (nSPS) is 10.6. The van der Waals surface area contributed by atoms with E-state index < -0.39 is 0 Å². The van der Waals surface area contributed by atoms with E-state index in [2.05, 4.69) is 31.4 Å². The topological polar surface area (TPSA) is 47.0 Å². The first-order valence-electron chi connectivity index (χ1n) is 5.26. The van der Waals surface area contributed by atoms with Crippen molar-refractivity contribution in [1.82, 2.24) is 10.2 Å². The molecule has 0 spiro atoms. The summed E-state index contributed by atoms with van der Waals surface area (Å²) in [6.07, 6.45) is 0. The second kappa shape index (κ2) is 7.08. The third-order valence-electron chi connectivity index (χ3n) is 2.00. The summed E-state index contributed by atoms with van der Waals surface area (Å²) in [5, 5.41) is 12.2. The van der Waals surface area contributed by atoms with Gasteiger partial charge >= 0.3 is 0 Å². The number of benzene rings is 1. The van der Waals surface area contributed by atoms with E-state index in [-0.39, 0.29) is 0 Å². The van der Waals surface area contributed by atoms with Crippen molar-refractivity contribution >= 4 is 49.8 Å². The predicted octanol–water partition coefficient (Wildman–Crippen LogP) is 3.78. The summed E-state index contributed by atoms with van der Waals surface area (Å²) in [4.78, 5) is 0. The van der Waals surface area contributed by atoms with Crippen LogP contribution in [-0.4, -0.2) is 29.7 Å². The highest BCUT2D eigenvalue weighted by Gasteiger charge is 2.05. The van der Waals surface area contributed by atoms with E-state index in [0.717, 1.165) is 32.0 Å². The minimum atomic E-state index is 0.721. The number of thioether (sulfide) groups is 1. The van der Waals surface area contributed by atoms with Crippen LogP contribution >= 0.6 is 39.0 Å². The van der Waals surface area contributed by atoms with Gasteiger partial charge in [0.25, 0.3) is 0 Å². The molecule has 2 aromatic rings. The first kappa shape index (κ1) is 13.8. The fourth-order valence-corrected chi connectivity index (χ4v) is 3.36. The van der Waals surface area contributed by atoms with E-state index in [9.17, 15) is 0 Å². The van der Waals surface area contributed by atoms with Crippen LogP contribution < -0.4 is 5.32 Å². The summed E-state index contributed by atoms with van der Waals surface area (Å²) in [6.45, 7) is 0.721. The molecular formula is C11H12BrN3OS2. The number of rotatable bonds is 6. The number of nitrogens with one attached hydrogen (secondary N) is 1. The molecule has 0 unspecified atom stereocenters. The molecule has 1 aromatic carbocycles. The third-order valence-corrected chi connectivity index (χ3v) is 4.42. The van der Waals surface area contributed by atoms with Crippen molar-refractivity contribution in [2.75, 3.05) is 24.8 Å². The van der Waals surface area contributed by atoms with Crippen LogP contribution in [0, 0.1) is 0 Å². The highest BCUT2D eigenvalue weighted by molar-refractivity contribution is 9.10. The van der Waals surface area contributed by atoms with Crippen molar-refractivity contribution in [3.63, 3.8) is 0 Å². The van der Waals surface area contributed by atoms with Crippen LogP contribution in [0.15, 0.2) is 33.1 Å². The fraction of sp³-hybridized carbons (Fsp3) is 0.273. The zero-order chi connectivity index (χ0) is 12.8. The van der Waals surface area contributed by atoms with Gasteiger partial charge in [-0.25, -0.2) is 0 Å². The summed E-state index contributed by atoms with van der Waals surface area (Å²) >= 11 is 6.63. The average molecular weight is 346 g/mol. The quantitative estimate of drug-likeness (QED) is 0.637. The Morgan fingerprint density at radius 2 is 2.33 bits per heavy atom. The summed E-state index contributed by atoms with van der Waals surface area (Å²) in [5.41, 5.74) is 0.994. The maximum Gasteiger partial charge on any atom is 0.210 e. The molecule has 1 aromatic heterocycles. The van der Waals surface area contributed by atoms with Crippen molar-refractivity contribution < 1.29 is 4.74 Å². The number of anilines is 2. The van der Waals surface area contributed by atoms with Gasteiger partial charge in [0.2, 0.25) is 5.13 Å². The van der Waals surface area contributed by atoms with E-state index in [4.69, 9.17) is 4.74 Å². The molecule has 0 aliphatic carbocycles. The number of ether oxygens (including phenoxy) is 1. The van der Waals surface area contributed by atoms with E-state index in [1.807, 2.05) is 24.3 Å². The van der Waals surface area contributed by atoms with Gasteiger partial charge in [0.1, 0.15) is 0 Å². The Morgan fingerprint density at radius 3 is 3.11 bits per heavy atom. The van der Waals surface area contributed by atoms with Crippen molar-refractivity contribution in [2.24, 2.45) is 0 Å². The number of aromatic nitrogens is 2. The van der Waals surface area contributed by atoms with Crippen LogP contribution in [0.4, 0.5) is 10.8 Å². The van der Waals surface area contributed by atoms with Crippen LogP contribution in [0.1, 0.15) is 0 Å². The lowest BCUT2D eigenvalue weighted by Gasteiger charge is -2.01. The summed E-state index contributed by atoms with van der Waals surface area (Å²) < 4.78 is 6.98. The predicted molar refractivity (Wildman–Crippen MR) is 79.9 cm³/mol. The molecule has 96 valence electrons. The molecule has 18 heavy (non-hydrogen) atoms. The molecule has 0 atom stereocenters. The molecule has 0 saturated heterocycles. The standard InChI is InChI=1S/C11H12BrN3OS2/c1-16-5-6-17-11-15-14-10(18-11)13-9-4-2-3-8(12)7-9/h2-4,7H,5-6H2,1H3,(H,13,14). The number of hydrogen-bond donors (Lipinski definition) is 1. The van der Waals surface area contributed by atoms with Crippen LogP contribution in [0.25, 0.3) is 0 Å². The highest BCUT2D eigenvalue weighted by atomic mass is 79.9. The van der Waals surface area contributed by atoms with Crippen LogP contribution in [0.2, 0.25) is 0 Å². The Kier molecular flexibility index (Phi) is 5.43. The summed E-state index contributed by atoms with van der Waals surface area (Å²) in [7, 11) is 1.70. The van der Waals surface area contributed by atoms with Crippen LogP contribution in [0.3, 0.4) is 0 Å². The Morgan fingerprint density at radius 1 is 1.44 bits per heavy atom.